The van der Waals surface area contributed by atoms with Crippen molar-refractivity contribution < 1.29 is 3.71 Å². The molecule has 0 amide bonds. The topological polar surface area (TPSA) is 32.6 Å². The lowest BCUT2D eigenvalue weighted by molar-refractivity contribution is -0.545. The van der Waals surface area contributed by atoms with E-state index < -0.39 is 0 Å². The van der Waals surface area contributed by atoms with E-state index in [4.69, 9.17) is 0 Å². The monoisotopic (exact) mass is 162 g/mol. The van der Waals surface area contributed by atoms with E-state index in [1.165, 1.54) is 0 Å². The lowest BCUT2D eigenvalue weighted by atomic mass is 10.6. The Morgan fingerprint density at radius 1 is 2.00 bits per heavy atom. The maximum atomic E-state index is 3.81. The molecule has 1 rings (SSSR count). The van der Waals surface area contributed by atoms with Crippen LogP contribution in [0.25, 0.3) is 0 Å². The second-order valence-electron chi connectivity index (χ2n) is 1.29. The Kier molecular flexibility index (Phi) is 1.10. The number of aromatic amines is 1. The number of H-pyrrole nitrogens is 1. The van der Waals surface area contributed by atoms with E-state index in [-0.39, 0.29) is 0 Å². The number of halogens is 1. The first-order chi connectivity index (χ1) is 3.29. The molecule has 0 unspecified atom stereocenters. The van der Waals surface area contributed by atoms with Gasteiger partial charge < -0.3 is 0 Å². The van der Waals surface area contributed by atoms with E-state index >= 15 is 0 Å². The van der Waals surface area contributed by atoms with Crippen molar-refractivity contribution in [3.05, 3.63) is 11.9 Å². The SMILES string of the molecule is Cc1c[n+](Br)[nH]n1. The largest absolute Gasteiger partial charge is 0.217 e. The molecular formula is C3H5BrN3+. The summed E-state index contributed by atoms with van der Waals surface area (Å²) in [7, 11) is 0. The summed E-state index contributed by atoms with van der Waals surface area (Å²) in [5.74, 6) is 0. The van der Waals surface area contributed by atoms with E-state index in [1.54, 1.807) is 3.71 Å². The Balaban J connectivity index is 3.04. The molecule has 0 aromatic carbocycles. The van der Waals surface area contributed by atoms with Crippen molar-refractivity contribution in [2.45, 2.75) is 6.92 Å². The van der Waals surface area contributed by atoms with E-state index in [0.29, 0.717) is 0 Å². The van der Waals surface area contributed by atoms with Gasteiger partial charge in [-0.1, -0.05) is 3.71 Å². The quantitative estimate of drug-likeness (QED) is 0.580. The minimum atomic E-state index is 0.969. The molecule has 0 aliphatic heterocycles. The summed E-state index contributed by atoms with van der Waals surface area (Å²) in [5, 5.41) is 6.46. The van der Waals surface area contributed by atoms with E-state index in [1.807, 2.05) is 13.1 Å². The smallest absolute Gasteiger partial charge is 0.0897 e. The van der Waals surface area contributed by atoms with E-state index in [9.17, 15) is 0 Å². The summed E-state index contributed by atoms with van der Waals surface area (Å²) < 4.78 is 1.61. The van der Waals surface area contributed by atoms with Crippen LogP contribution in [0.1, 0.15) is 5.69 Å². The summed E-state index contributed by atoms with van der Waals surface area (Å²) in [6, 6.07) is 0. The minimum absolute atomic E-state index is 0.969. The highest BCUT2D eigenvalue weighted by Crippen LogP contribution is 1.79. The number of nitrogens with one attached hydrogen (secondary N) is 1. The number of hydrogen-bond donors (Lipinski definition) is 1. The lowest BCUT2D eigenvalue weighted by Gasteiger charge is -1.61. The maximum Gasteiger partial charge on any atom is 0.217 e. The van der Waals surface area contributed by atoms with Gasteiger partial charge in [0.15, 0.2) is 6.20 Å². The highest BCUT2D eigenvalue weighted by Gasteiger charge is 1.96. The average Bonchev–Trinajstić information content (AvgIpc) is 1.87. The van der Waals surface area contributed by atoms with Gasteiger partial charge in [0.05, 0.1) is 0 Å². The first-order valence-electron chi connectivity index (χ1n) is 1.89. The first-order valence-corrected chi connectivity index (χ1v) is 2.60. The van der Waals surface area contributed by atoms with Gasteiger partial charge in [-0.25, -0.2) is 0 Å². The van der Waals surface area contributed by atoms with Gasteiger partial charge >= 0.3 is 0 Å². The van der Waals surface area contributed by atoms with Crippen LogP contribution in [0.5, 0.6) is 0 Å². The molecule has 1 aromatic rings. The molecule has 0 atom stereocenters. The number of rotatable bonds is 0. The van der Waals surface area contributed by atoms with Crippen LogP contribution in [-0.2, 0) is 0 Å². The van der Waals surface area contributed by atoms with Crippen molar-refractivity contribution >= 4 is 16.1 Å². The third kappa shape index (κ3) is 0.991. The molecule has 0 spiro atoms. The molecule has 1 aromatic heterocycles. The lowest BCUT2D eigenvalue weighted by Crippen LogP contribution is -2.18. The number of nitrogens with zero attached hydrogens (tertiary/aromatic N) is 2. The zero-order valence-electron chi connectivity index (χ0n) is 3.85. The number of aromatic nitrogens is 3. The van der Waals surface area contributed by atoms with E-state index in [0.717, 1.165) is 5.69 Å². The number of aryl methyl sites for hydroxylation is 1. The molecule has 0 aliphatic carbocycles. The third-order valence-corrected chi connectivity index (χ3v) is 0.985. The van der Waals surface area contributed by atoms with Crippen molar-refractivity contribution in [3.8, 4) is 0 Å². The summed E-state index contributed by atoms with van der Waals surface area (Å²) in [6.45, 7) is 1.91. The van der Waals surface area contributed by atoms with Gasteiger partial charge in [0, 0.05) is 12.0 Å². The van der Waals surface area contributed by atoms with Gasteiger partial charge in [0.2, 0.25) is 21.8 Å². The van der Waals surface area contributed by atoms with Crippen LogP contribution < -0.4 is 3.71 Å². The van der Waals surface area contributed by atoms with Crippen molar-refractivity contribution in [3.63, 3.8) is 0 Å². The Labute approximate surface area is 49.7 Å². The van der Waals surface area contributed by atoms with Crippen molar-refractivity contribution in [2.75, 3.05) is 0 Å². The van der Waals surface area contributed by atoms with Crippen LogP contribution in [0.3, 0.4) is 0 Å². The fourth-order valence-electron chi connectivity index (χ4n) is 0.348. The van der Waals surface area contributed by atoms with Crippen LogP contribution >= 0.6 is 16.1 Å². The van der Waals surface area contributed by atoms with Crippen LogP contribution in [-0.4, -0.2) is 10.3 Å². The molecule has 0 saturated heterocycles. The summed E-state index contributed by atoms with van der Waals surface area (Å²) in [4.78, 5) is 0. The molecule has 0 bridgehead atoms. The standard InChI is InChI=1S/C3H4BrN3/c1-3-2-7(4)6-5-3/h2H,1H3/p+1. The van der Waals surface area contributed by atoms with Gasteiger partial charge in [-0.3, -0.25) is 0 Å². The van der Waals surface area contributed by atoms with Crippen LogP contribution in [0, 0.1) is 6.92 Å². The summed E-state index contributed by atoms with van der Waals surface area (Å²) in [6.07, 6.45) is 1.83. The zero-order chi connectivity index (χ0) is 5.28. The first kappa shape index (κ1) is 4.77. The highest BCUT2D eigenvalue weighted by molar-refractivity contribution is 9.04. The molecule has 0 radical (unpaired) electrons. The van der Waals surface area contributed by atoms with Gasteiger partial charge in [-0.15, -0.1) is 0 Å². The maximum absolute atomic E-state index is 3.81. The summed E-state index contributed by atoms with van der Waals surface area (Å²) >= 11 is 3.13. The molecule has 1 heterocycles. The second kappa shape index (κ2) is 1.61. The Hall–Kier alpha value is -0.380. The fraction of sp³-hybridized carbons (Fsp3) is 0.333. The van der Waals surface area contributed by atoms with Crippen molar-refractivity contribution in [2.24, 2.45) is 0 Å². The number of hydrogen-bond acceptors (Lipinski definition) is 1. The van der Waals surface area contributed by atoms with Gasteiger partial charge in [0.1, 0.15) is 0 Å². The van der Waals surface area contributed by atoms with Crippen LogP contribution in [0.15, 0.2) is 6.20 Å². The average molecular weight is 163 g/mol. The van der Waals surface area contributed by atoms with Crippen LogP contribution in [0.4, 0.5) is 0 Å². The Morgan fingerprint density at radius 3 is 2.86 bits per heavy atom. The molecule has 4 heteroatoms. The summed E-state index contributed by atoms with van der Waals surface area (Å²) in [5.41, 5.74) is 0.969. The van der Waals surface area contributed by atoms with Gasteiger partial charge in [-0.2, -0.15) is 0 Å². The van der Waals surface area contributed by atoms with Crippen LogP contribution in [0.2, 0.25) is 0 Å². The molecule has 0 fully saturated rings. The molecule has 38 valence electrons. The van der Waals surface area contributed by atoms with Gasteiger partial charge in [-0.05, 0) is 5.21 Å². The normalized spacial score (nSPS) is 9.43. The molecule has 0 aliphatic rings. The van der Waals surface area contributed by atoms with Crippen molar-refractivity contribution in [1.82, 2.24) is 10.3 Å². The zero-order valence-corrected chi connectivity index (χ0v) is 5.44. The Morgan fingerprint density at radius 2 is 2.71 bits per heavy atom. The second-order valence-corrected chi connectivity index (χ2v) is 2.06. The molecular weight excluding hydrogens is 158 g/mol. The fourth-order valence-corrected chi connectivity index (χ4v) is 0.724. The molecule has 3 nitrogen and oxygen atoms in total. The Bertz CT molecular complexity index is 142. The minimum Gasteiger partial charge on any atom is -0.0897 e. The highest BCUT2D eigenvalue weighted by atomic mass is 79.9. The predicted molar refractivity (Wildman–Crippen MR) is 27.8 cm³/mol. The van der Waals surface area contributed by atoms with E-state index in [2.05, 4.69) is 26.5 Å². The molecule has 0 saturated carbocycles. The third-order valence-electron chi connectivity index (χ3n) is 0.622. The molecule has 1 N–H and O–H groups in total. The molecule has 7 heavy (non-hydrogen) atoms. The predicted octanol–water partition coefficient (Wildman–Crippen LogP) is 0.164. The van der Waals surface area contributed by atoms with Crippen molar-refractivity contribution in [1.29, 1.82) is 0 Å². The van der Waals surface area contributed by atoms with Gasteiger partial charge in [0.25, 0.3) is 0 Å².